The Bertz CT molecular complexity index is 415. The van der Waals surface area contributed by atoms with Crippen molar-refractivity contribution in [2.24, 2.45) is 7.05 Å². The number of aryl methyl sites for hydroxylation is 1. The maximum absolute atomic E-state index is 11.5. The van der Waals surface area contributed by atoms with E-state index in [0.717, 1.165) is 0 Å². The first-order chi connectivity index (χ1) is 8.20. The van der Waals surface area contributed by atoms with Crippen LogP contribution < -0.4 is 0 Å². The minimum absolute atomic E-state index is 0.287. The van der Waals surface area contributed by atoms with Gasteiger partial charge in [-0.3, -0.25) is 4.18 Å². The molecular formula is C9H15F3N2O3S. The summed E-state index contributed by atoms with van der Waals surface area (Å²) in [5.41, 5.74) is -5.30. The molecule has 0 radical (unpaired) electrons. The van der Waals surface area contributed by atoms with E-state index in [0.29, 0.717) is 6.42 Å². The molecule has 9 heteroatoms. The summed E-state index contributed by atoms with van der Waals surface area (Å²) in [5, 5.41) is 0. The van der Waals surface area contributed by atoms with Gasteiger partial charge in [-0.1, -0.05) is 13.3 Å². The average molecular weight is 288 g/mol. The van der Waals surface area contributed by atoms with Crippen LogP contribution in [0, 0.1) is 0 Å². The monoisotopic (exact) mass is 288 g/mol. The predicted octanol–water partition coefficient (Wildman–Crippen LogP) is 2.07. The third-order valence-electron chi connectivity index (χ3n) is 1.66. The molecule has 0 saturated carbocycles. The highest BCUT2D eigenvalue weighted by atomic mass is 32.2. The summed E-state index contributed by atoms with van der Waals surface area (Å²) in [5.74, 6) is 0. The van der Waals surface area contributed by atoms with Gasteiger partial charge in [-0.2, -0.15) is 21.6 Å². The smallest absolute Gasteiger partial charge is 0.341 e. The van der Waals surface area contributed by atoms with Crippen LogP contribution >= 0.6 is 0 Å². The predicted molar refractivity (Wildman–Crippen MR) is 59.0 cm³/mol. The van der Waals surface area contributed by atoms with Crippen molar-refractivity contribution >= 4 is 10.1 Å². The third kappa shape index (κ3) is 6.60. The molecule has 5 nitrogen and oxygen atoms in total. The van der Waals surface area contributed by atoms with Gasteiger partial charge in [0.05, 0.1) is 12.9 Å². The first-order valence-electron chi connectivity index (χ1n) is 5.08. The number of aromatic nitrogens is 2. The maximum Gasteiger partial charge on any atom is 0.523 e. The fraction of sp³-hybridized carbons (Fsp3) is 0.667. The van der Waals surface area contributed by atoms with Gasteiger partial charge in [-0.15, -0.1) is 0 Å². The SMILES string of the molecule is CCCCOS(=O)(=O)C(F)(F)F.Cn1ccnc1. The second kappa shape index (κ2) is 7.37. The van der Waals surface area contributed by atoms with Crippen molar-refractivity contribution in [1.82, 2.24) is 9.55 Å². The van der Waals surface area contributed by atoms with Crippen molar-refractivity contribution in [2.45, 2.75) is 25.3 Å². The third-order valence-corrected chi connectivity index (χ3v) is 2.70. The van der Waals surface area contributed by atoms with Gasteiger partial charge in [0.2, 0.25) is 0 Å². The summed E-state index contributed by atoms with van der Waals surface area (Å²) in [6.45, 7) is 1.29. The van der Waals surface area contributed by atoms with E-state index < -0.39 is 22.2 Å². The van der Waals surface area contributed by atoms with Crippen LogP contribution in [0.25, 0.3) is 0 Å². The fourth-order valence-electron chi connectivity index (χ4n) is 0.706. The summed E-state index contributed by atoms with van der Waals surface area (Å²) in [6.07, 6.45) is 6.25. The van der Waals surface area contributed by atoms with Crippen LogP contribution in [0.2, 0.25) is 0 Å². The molecular weight excluding hydrogens is 273 g/mol. The van der Waals surface area contributed by atoms with Gasteiger partial charge in [0.15, 0.2) is 0 Å². The molecule has 0 amide bonds. The minimum atomic E-state index is -5.37. The van der Waals surface area contributed by atoms with Crippen LogP contribution in [0.5, 0.6) is 0 Å². The number of nitrogens with zero attached hydrogens (tertiary/aromatic N) is 2. The molecule has 1 aromatic rings. The first-order valence-corrected chi connectivity index (χ1v) is 6.49. The Kier molecular flexibility index (Phi) is 6.92. The first kappa shape index (κ1) is 16.9. The highest BCUT2D eigenvalue weighted by Crippen LogP contribution is 2.24. The summed E-state index contributed by atoms with van der Waals surface area (Å²) in [6, 6.07) is 0. The molecule has 0 aliphatic rings. The Labute approximate surface area is 104 Å². The second-order valence-electron chi connectivity index (χ2n) is 3.30. The lowest BCUT2D eigenvalue weighted by molar-refractivity contribution is -0.0542. The Morgan fingerprint density at radius 1 is 1.39 bits per heavy atom. The van der Waals surface area contributed by atoms with E-state index in [2.05, 4.69) is 9.17 Å². The zero-order valence-electron chi connectivity index (χ0n) is 10.0. The van der Waals surface area contributed by atoms with Crippen LogP contribution in [-0.2, 0) is 21.3 Å². The average Bonchev–Trinajstić information content (AvgIpc) is 2.68. The lowest BCUT2D eigenvalue weighted by atomic mass is 10.4. The highest BCUT2D eigenvalue weighted by Gasteiger charge is 2.47. The van der Waals surface area contributed by atoms with Crippen molar-refractivity contribution in [1.29, 1.82) is 0 Å². The molecule has 0 aliphatic carbocycles. The molecule has 0 atom stereocenters. The van der Waals surface area contributed by atoms with E-state index in [1.54, 1.807) is 19.4 Å². The van der Waals surface area contributed by atoms with Gasteiger partial charge in [0, 0.05) is 19.4 Å². The summed E-state index contributed by atoms with van der Waals surface area (Å²) < 4.78 is 60.6. The zero-order chi connectivity index (χ0) is 14.2. The summed E-state index contributed by atoms with van der Waals surface area (Å²) >= 11 is 0. The highest BCUT2D eigenvalue weighted by molar-refractivity contribution is 7.87. The Balaban J connectivity index is 0.000000397. The van der Waals surface area contributed by atoms with Crippen LogP contribution in [-0.4, -0.2) is 30.1 Å². The Morgan fingerprint density at radius 2 is 2.00 bits per heavy atom. The van der Waals surface area contributed by atoms with Crippen molar-refractivity contribution in [3.05, 3.63) is 18.7 Å². The summed E-state index contributed by atoms with van der Waals surface area (Å²) in [7, 11) is -3.43. The maximum atomic E-state index is 11.5. The molecule has 0 spiro atoms. The fourth-order valence-corrected chi connectivity index (χ4v) is 1.18. The van der Waals surface area contributed by atoms with E-state index in [1.807, 2.05) is 17.8 Å². The van der Waals surface area contributed by atoms with Crippen molar-refractivity contribution in [2.75, 3.05) is 6.61 Å². The van der Waals surface area contributed by atoms with Crippen LogP contribution in [0.4, 0.5) is 13.2 Å². The largest absolute Gasteiger partial charge is 0.523 e. The standard InChI is InChI=1S/C5H9F3O3S.C4H6N2/c1-2-3-4-11-12(9,10)5(6,7)8;1-6-3-2-5-4-6/h2-4H2,1H3;2-4H,1H3. The van der Waals surface area contributed by atoms with Gasteiger partial charge < -0.3 is 4.57 Å². The molecule has 18 heavy (non-hydrogen) atoms. The molecule has 0 fully saturated rings. The van der Waals surface area contributed by atoms with E-state index in [-0.39, 0.29) is 6.42 Å². The lowest BCUT2D eigenvalue weighted by Gasteiger charge is -2.06. The van der Waals surface area contributed by atoms with Gasteiger partial charge in [-0.25, -0.2) is 4.98 Å². The summed E-state index contributed by atoms with van der Waals surface area (Å²) in [4.78, 5) is 3.78. The van der Waals surface area contributed by atoms with Gasteiger partial charge in [-0.05, 0) is 6.42 Å². The van der Waals surface area contributed by atoms with E-state index >= 15 is 0 Å². The number of halogens is 3. The van der Waals surface area contributed by atoms with Crippen LogP contribution in [0.15, 0.2) is 18.7 Å². The van der Waals surface area contributed by atoms with Crippen LogP contribution in [0.3, 0.4) is 0 Å². The molecule has 0 bridgehead atoms. The second-order valence-corrected chi connectivity index (χ2v) is 4.91. The number of hydrogen-bond acceptors (Lipinski definition) is 4. The molecule has 0 unspecified atom stereocenters. The van der Waals surface area contributed by atoms with E-state index in [4.69, 9.17) is 0 Å². The number of unbranched alkanes of at least 4 members (excludes halogenated alkanes) is 1. The van der Waals surface area contributed by atoms with E-state index in [1.165, 1.54) is 0 Å². The molecule has 1 aromatic heterocycles. The number of alkyl halides is 3. The topological polar surface area (TPSA) is 61.2 Å². The molecule has 106 valence electrons. The quantitative estimate of drug-likeness (QED) is 0.483. The number of imidazole rings is 1. The van der Waals surface area contributed by atoms with Gasteiger partial charge >= 0.3 is 15.6 Å². The Morgan fingerprint density at radius 3 is 2.28 bits per heavy atom. The normalized spacial score (nSPS) is 11.8. The van der Waals surface area contributed by atoms with Crippen molar-refractivity contribution < 1.29 is 25.8 Å². The number of hydrogen-bond donors (Lipinski definition) is 0. The van der Waals surface area contributed by atoms with Crippen molar-refractivity contribution in [3.63, 3.8) is 0 Å². The van der Waals surface area contributed by atoms with Crippen LogP contribution in [0.1, 0.15) is 19.8 Å². The van der Waals surface area contributed by atoms with Gasteiger partial charge in [0.1, 0.15) is 0 Å². The molecule has 0 aliphatic heterocycles. The molecule has 0 saturated heterocycles. The van der Waals surface area contributed by atoms with Crippen molar-refractivity contribution in [3.8, 4) is 0 Å². The molecule has 1 heterocycles. The zero-order valence-corrected chi connectivity index (χ0v) is 10.8. The molecule has 0 aromatic carbocycles. The molecule has 1 rings (SSSR count). The molecule has 0 N–H and O–H groups in total. The number of rotatable bonds is 4. The van der Waals surface area contributed by atoms with E-state index in [9.17, 15) is 21.6 Å². The Hall–Kier alpha value is -1.09. The lowest BCUT2D eigenvalue weighted by Crippen LogP contribution is -2.25. The minimum Gasteiger partial charge on any atom is -0.341 e. The van der Waals surface area contributed by atoms with Gasteiger partial charge in [0.25, 0.3) is 0 Å².